The molecule has 2 N–H and O–H groups in total. The highest BCUT2D eigenvalue weighted by Gasteiger charge is 2.07. The molecule has 2 aromatic carbocycles. The summed E-state index contributed by atoms with van der Waals surface area (Å²) in [4.78, 5) is 14.8. The van der Waals surface area contributed by atoms with Crippen LogP contribution in [0, 0.1) is 0 Å². The zero-order valence-electron chi connectivity index (χ0n) is 19.7. The van der Waals surface area contributed by atoms with Crippen LogP contribution >= 0.6 is 0 Å². The molecule has 0 bridgehead atoms. The zero-order chi connectivity index (χ0) is 24.2. The molecule has 0 aliphatic heterocycles. The normalized spacial score (nSPS) is 11.9. The number of methoxy groups -OCH3 is 2. The summed E-state index contributed by atoms with van der Waals surface area (Å²) in [5, 5.41) is 18.8. The Morgan fingerprint density at radius 3 is 2.06 bits per heavy atom. The standard InChI is InChI=1S/C27H33NO5/c1-5-28(6-2)24(12-8-21-10-14-26(32-3)27(16-21)33-4)17-25(31)13-9-20-7-11-22(18-29)23(15-20)19-30/h7-17,29-30H,5-6,18-19H2,1-4H3. The van der Waals surface area contributed by atoms with Crippen LogP contribution in [0.15, 0.2) is 60.3 Å². The highest BCUT2D eigenvalue weighted by atomic mass is 16.5. The smallest absolute Gasteiger partial charge is 0.180 e. The van der Waals surface area contributed by atoms with Gasteiger partial charge in [0.2, 0.25) is 0 Å². The molecular formula is C27H33NO5. The first-order valence-corrected chi connectivity index (χ1v) is 10.9. The predicted octanol–water partition coefficient (Wildman–Crippen LogP) is 4.21. The van der Waals surface area contributed by atoms with Gasteiger partial charge in [0.1, 0.15) is 0 Å². The lowest BCUT2D eigenvalue weighted by atomic mass is 10.0. The molecule has 0 radical (unpaired) electrons. The Balaban J connectivity index is 2.28. The fraction of sp³-hybridized carbons (Fsp3) is 0.296. The van der Waals surface area contributed by atoms with Gasteiger partial charge in [0.05, 0.1) is 27.4 Å². The van der Waals surface area contributed by atoms with E-state index in [1.54, 1.807) is 44.6 Å². The van der Waals surface area contributed by atoms with Gasteiger partial charge in [0.25, 0.3) is 0 Å². The van der Waals surface area contributed by atoms with Crippen molar-refractivity contribution < 1.29 is 24.5 Å². The zero-order valence-corrected chi connectivity index (χ0v) is 19.7. The fourth-order valence-corrected chi connectivity index (χ4v) is 3.39. The van der Waals surface area contributed by atoms with E-state index in [1.807, 2.05) is 44.2 Å². The van der Waals surface area contributed by atoms with Crippen LogP contribution in [0.2, 0.25) is 0 Å². The second-order valence-electron chi connectivity index (χ2n) is 7.27. The Labute approximate surface area is 196 Å². The van der Waals surface area contributed by atoms with Crippen LogP contribution in [0.1, 0.15) is 36.1 Å². The number of ether oxygens (including phenoxy) is 2. The van der Waals surface area contributed by atoms with Crippen LogP contribution < -0.4 is 9.47 Å². The molecule has 0 fully saturated rings. The molecular weight excluding hydrogens is 418 g/mol. The van der Waals surface area contributed by atoms with Crippen molar-refractivity contribution in [2.45, 2.75) is 27.1 Å². The van der Waals surface area contributed by atoms with E-state index in [1.165, 1.54) is 6.08 Å². The number of carbonyl (C=O) groups excluding carboxylic acids is 1. The molecule has 6 heteroatoms. The Hall–Kier alpha value is -3.35. The second kappa shape index (κ2) is 13.3. The van der Waals surface area contributed by atoms with Gasteiger partial charge in [-0.1, -0.05) is 30.4 Å². The maximum atomic E-state index is 12.7. The van der Waals surface area contributed by atoms with Crippen LogP contribution in [0.4, 0.5) is 0 Å². The lowest BCUT2D eigenvalue weighted by Gasteiger charge is -2.22. The van der Waals surface area contributed by atoms with E-state index in [0.29, 0.717) is 22.6 Å². The lowest BCUT2D eigenvalue weighted by molar-refractivity contribution is -0.110. The second-order valence-corrected chi connectivity index (χ2v) is 7.27. The molecule has 0 atom stereocenters. The number of hydrogen-bond donors (Lipinski definition) is 2. The van der Waals surface area contributed by atoms with Crippen LogP contribution in [0.5, 0.6) is 11.5 Å². The molecule has 33 heavy (non-hydrogen) atoms. The largest absolute Gasteiger partial charge is 0.493 e. The summed E-state index contributed by atoms with van der Waals surface area (Å²) in [6.07, 6.45) is 8.67. The maximum absolute atomic E-state index is 12.7. The average molecular weight is 452 g/mol. The van der Waals surface area contributed by atoms with Crippen molar-refractivity contribution in [2.24, 2.45) is 0 Å². The van der Waals surface area contributed by atoms with E-state index in [-0.39, 0.29) is 19.0 Å². The monoisotopic (exact) mass is 451 g/mol. The van der Waals surface area contributed by atoms with E-state index < -0.39 is 0 Å². The van der Waals surface area contributed by atoms with Gasteiger partial charge in [-0.3, -0.25) is 4.79 Å². The van der Waals surface area contributed by atoms with Gasteiger partial charge >= 0.3 is 0 Å². The number of nitrogens with zero attached hydrogens (tertiary/aromatic N) is 1. The molecule has 6 nitrogen and oxygen atoms in total. The van der Waals surface area contributed by atoms with Gasteiger partial charge in [-0.15, -0.1) is 0 Å². The lowest BCUT2D eigenvalue weighted by Crippen LogP contribution is -2.21. The van der Waals surface area contributed by atoms with E-state index in [2.05, 4.69) is 4.90 Å². The number of ketones is 1. The summed E-state index contributed by atoms with van der Waals surface area (Å²) in [7, 11) is 3.19. The van der Waals surface area contributed by atoms with Crippen molar-refractivity contribution in [3.05, 3.63) is 82.6 Å². The number of aliphatic hydroxyl groups excluding tert-OH is 2. The van der Waals surface area contributed by atoms with Gasteiger partial charge in [-0.05, 0) is 66.5 Å². The van der Waals surface area contributed by atoms with Gasteiger partial charge in [-0.2, -0.15) is 0 Å². The molecule has 0 aromatic heterocycles. The van der Waals surface area contributed by atoms with Gasteiger partial charge in [-0.25, -0.2) is 0 Å². The summed E-state index contributed by atoms with van der Waals surface area (Å²) in [6.45, 7) is 5.30. The number of rotatable bonds is 12. The average Bonchev–Trinajstić information content (AvgIpc) is 2.85. The molecule has 0 aliphatic carbocycles. The number of benzene rings is 2. The molecule has 0 saturated carbocycles. The Morgan fingerprint density at radius 2 is 1.45 bits per heavy atom. The Morgan fingerprint density at radius 1 is 0.848 bits per heavy atom. The highest BCUT2D eigenvalue weighted by molar-refractivity contribution is 6.02. The summed E-state index contributed by atoms with van der Waals surface area (Å²) in [5.74, 6) is 1.15. The molecule has 176 valence electrons. The van der Waals surface area contributed by atoms with Gasteiger partial charge in [0.15, 0.2) is 17.3 Å². The fourth-order valence-electron chi connectivity index (χ4n) is 3.39. The molecule has 0 aliphatic rings. The maximum Gasteiger partial charge on any atom is 0.180 e. The van der Waals surface area contributed by atoms with Crippen molar-refractivity contribution >= 4 is 17.9 Å². The first kappa shape index (κ1) is 25.9. The number of carbonyl (C=O) groups is 1. The Kier molecular flexibility index (Phi) is 10.4. The predicted molar refractivity (Wildman–Crippen MR) is 132 cm³/mol. The molecule has 2 rings (SSSR count). The molecule has 0 saturated heterocycles. The number of likely N-dealkylation sites (N-methyl/N-ethyl adjacent to an activating group) is 1. The van der Waals surface area contributed by atoms with Crippen LogP contribution in [-0.2, 0) is 18.0 Å². The molecule has 0 heterocycles. The van der Waals surface area contributed by atoms with Crippen LogP contribution in [0.3, 0.4) is 0 Å². The summed E-state index contributed by atoms with van der Waals surface area (Å²) >= 11 is 0. The van der Waals surface area contributed by atoms with E-state index in [9.17, 15) is 15.0 Å². The van der Waals surface area contributed by atoms with E-state index in [4.69, 9.17) is 9.47 Å². The number of allylic oxidation sites excluding steroid dienone is 3. The Bertz CT molecular complexity index is 1020. The molecule has 0 amide bonds. The third kappa shape index (κ3) is 7.34. The van der Waals surface area contributed by atoms with Gasteiger partial charge in [0, 0.05) is 24.9 Å². The minimum atomic E-state index is -0.168. The number of hydrogen-bond acceptors (Lipinski definition) is 6. The molecule has 2 aromatic rings. The minimum absolute atomic E-state index is 0.138. The first-order valence-electron chi connectivity index (χ1n) is 10.9. The topological polar surface area (TPSA) is 79.2 Å². The van der Waals surface area contributed by atoms with E-state index >= 15 is 0 Å². The van der Waals surface area contributed by atoms with Gasteiger partial charge < -0.3 is 24.6 Å². The van der Waals surface area contributed by atoms with Crippen molar-refractivity contribution in [1.29, 1.82) is 0 Å². The first-order chi connectivity index (χ1) is 16.0. The van der Waals surface area contributed by atoms with Crippen molar-refractivity contribution in [3.8, 4) is 11.5 Å². The quantitative estimate of drug-likeness (QED) is 0.372. The SMILES string of the molecule is CCN(CC)C(C=Cc1ccc(OC)c(OC)c1)=CC(=O)C=Cc1ccc(CO)c(CO)c1. The third-order valence-electron chi connectivity index (χ3n) is 5.28. The van der Waals surface area contributed by atoms with Crippen molar-refractivity contribution in [3.63, 3.8) is 0 Å². The highest BCUT2D eigenvalue weighted by Crippen LogP contribution is 2.28. The third-order valence-corrected chi connectivity index (χ3v) is 5.28. The molecule has 0 spiro atoms. The van der Waals surface area contributed by atoms with Crippen LogP contribution in [0.25, 0.3) is 12.2 Å². The van der Waals surface area contributed by atoms with E-state index in [0.717, 1.165) is 29.9 Å². The number of aliphatic hydroxyl groups is 2. The molecule has 0 unspecified atom stereocenters. The summed E-state index contributed by atoms with van der Waals surface area (Å²) in [6, 6.07) is 11.0. The summed E-state index contributed by atoms with van der Waals surface area (Å²) in [5.41, 5.74) is 3.82. The van der Waals surface area contributed by atoms with Crippen LogP contribution in [-0.4, -0.2) is 48.2 Å². The van der Waals surface area contributed by atoms with Crippen molar-refractivity contribution in [2.75, 3.05) is 27.3 Å². The minimum Gasteiger partial charge on any atom is -0.493 e. The van der Waals surface area contributed by atoms with Crippen molar-refractivity contribution in [1.82, 2.24) is 4.90 Å². The summed E-state index contributed by atoms with van der Waals surface area (Å²) < 4.78 is 10.7.